The van der Waals surface area contributed by atoms with Crippen molar-refractivity contribution >= 4 is 29.9 Å². The zero-order chi connectivity index (χ0) is 17.0. The highest BCUT2D eigenvalue weighted by atomic mass is 32.1. The van der Waals surface area contributed by atoms with Gasteiger partial charge in [-0.25, -0.2) is 0 Å². The minimum atomic E-state index is -0.719. The van der Waals surface area contributed by atoms with Crippen molar-refractivity contribution in [2.24, 2.45) is 0 Å². The molecule has 0 radical (unpaired) electrons. The quantitative estimate of drug-likeness (QED) is 0.496. The molecule has 1 N–H and O–H groups in total. The van der Waals surface area contributed by atoms with Gasteiger partial charge < -0.3 is 5.32 Å². The van der Waals surface area contributed by atoms with E-state index in [0.717, 1.165) is 6.07 Å². The van der Waals surface area contributed by atoms with Gasteiger partial charge >= 0.3 is 0 Å². The van der Waals surface area contributed by atoms with Crippen LogP contribution < -0.4 is 5.32 Å². The van der Waals surface area contributed by atoms with E-state index in [1.54, 1.807) is 24.3 Å². The second-order valence-electron chi connectivity index (χ2n) is 4.60. The fourth-order valence-electron chi connectivity index (χ4n) is 1.87. The number of nitrogens with zero attached hydrogens (tertiary/aromatic N) is 2. The lowest BCUT2D eigenvalue weighted by atomic mass is 10.1. The number of rotatable bonds is 5. The lowest BCUT2D eigenvalue weighted by Crippen LogP contribution is -2.22. The molecule has 0 unspecified atom stereocenters. The summed E-state index contributed by atoms with van der Waals surface area (Å²) >= 11 is 4.11. The second-order valence-corrected chi connectivity index (χ2v) is 5.12. The Balaban J connectivity index is 2.16. The highest BCUT2D eigenvalue weighted by molar-refractivity contribution is 7.80. The summed E-state index contributed by atoms with van der Waals surface area (Å²) in [7, 11) is 0. The fourth-order valence-corrected chi connectivity index (χ4v) is 2.02. The number of benzene rings is 2. The Bertz CT molecular complexity index is 744. The van der Waals surface area contributed by atoms with Crippen LogP contribution in [0.1, 0.15) is 15.9 Å². The van der Waals surface area contributed by atoms with Gasteiger partial charge in [0.15, 0.2) is 0 Å². The van der Waals surface area contributed by atoms with E-state index in [1.165, 1.54) is 12.1 Å². The van der Waals surface area contributed by atoms with Crippen LogP contribution in [0.15, 0.2) is 47.4 Å². The lowest BCUT2D eigenvalue weighted by molar-refractivity contribution is -0.394. The standard InChI is InChI=1S/C14H11N3O5S/c18-14(10-1-3-13(23)4-2-10)15-8-9-5-11(16(19)20)7-12(6-9)17(21)22/h1-7,23H,8H2,(H,15,18). The first-order chi connectivity index (χ1) is 10.9. The number of hydrogen-bond donors (Lipinski definition) is 2. The van der Waals surface area contributed by atoms with E-state index in [4.69, 9.17) is 0 Å². The first kappa shape index (κ1) is 16.4. The van der Waals surface area contributed by atoms with E-state index in [2.05, 4.69) is 17.9 Å². The molecule has 0 aliphatic rings. The number of carbonyl (C=O) groups excluding carboxylic acids is 1. The third-order valence-electron chi connectivity index (χ3n) is 2.97. The summed E-state index contributed by atoms with van der Waals surface area (Å²) in [4.78, 5) is 32.8. The molecule has 0 aromatic heterocycles. The molecule has 0 heterocycles. The van der Waals surface area contributed by atoms with E-state index >= 15 is 0 Å². The number of non-ortho nitro benzene ring substituents is 2. The van der Waals surface area contributed by atoms with Crippen molar-refractivity contribution in [1.29, 1.82) is 0 Å². The van der Waals surface area contributed by atoms with E-state index in [0.29, 0.717) is 10.5 Å². The van der Waals surface area contributed by atoms with Crippen LogP contribution >= 0.6 is 12.6 Å². The molecule has 0 bridgehead atoms. The van der Waals surface area contributed by atoms with Crippen molar-refractivity contribution in [3.63, 3.8) is 0 Å². The maximum Gasteiger partial charge on any atom is 0.276 e. The Kier molecular flexibility index (Phi) is 4.91. The number of amides is 1. The van der Waals surface area contributed by atoms with Crippen molar-refractivity contribution in [1.82, 2.24) is 5.32 Å². The van der Waals surface area contributed by atoms with Crippen molar-refractivity contribution in [2.45, 2.75) is 11.4 Å². The highest BCUT2D eigenvalue weighted by Crippen LogP contribution is 2.22. The van der Waals surface area contributed by atoms with Gasteiger partial charge in [0.2, 0.25) is 0 Å². The van der Waals surface area contributed by atoms with Gasteiger partial charge in [-0.3, -0.25) is 25.0 Å². The van der Waals surface area contributed by atoms with Crippen LogP contribution in [-0.4, -0.2) is 15.8 Å². The van der Waals surface area contributed by atoms with Gasteiger partial charge in [0.1, 0.15) is 0 Å². The molecular weight excluding hydrogens is 322 g/mol. The van der Waals surface area contributed by atoms with Crippen LogP contribution in [0.25, 0.3) is 0 Å². The third kappa shape index (κ3) is 4.27. The molecule has 1 amide bonds. The molecule has 0 spiro atoms. The van der Waals surface area contributed by atoms with Gasteiger partial charge in [-0.1, -0.05) is 0 Å². The minimum Gasteiger partial charge on any atom is -0.348 e. The van der Waals surface area contributed by atoms with E-state index < -0.39 is 27.1 Å². The number of nitro groups is 2. The Morgan fingerprint density at radius 1 is 1.00 bits per heavy atom. The number of nitrogens with one attached hydrogen (secondary N) is 1. The van der Waals surface area contributed by atoms with Crippen LogP contribution in [-0.2, 0) is 6.54 Å². The zero-order valence-electron chi connectivity index (χ0n) is 11.6. The van der Waals surface area contributed by atoms with Crippen LogP contribution in [0.2, 0.25) is 0 Å². The zero-order valence-corrected chi connectivity index (χ0v) is 12.5. The van der Waals surface area contributed by atoms with Gasteiger partial charge in [0, 0.05) is 29.1 Å². The normalized spacial score (nSPS) is 10.1. The van der Waals surface area contributed by atoms with E-state index in [-0.39, 0.29) is 12.1 Å². The van der Waals surface area contributed by atoms with Gasteiger partial charge in [-0.2, -0.15) is 0 Å². The predicted molar refractivity (Wildman–Crippen MR) is 84.6 cm³/mol. The van der Waals surface area contributed by atoms with Crippen LogP contribution in [0.5, 0.6) is 0 Å². The molecule has 2 aromatic rings. The van der Waals surface area contributed by atoms with Gasteiger partial charge in [-0.15, -0.1) is 12.6 Å². The number of nitro benzene ring substituents is 2. The number of carbonyl (C=O) groups is 1. The molecule has 0 saturated carbocycles. The molecular formula is C14H11N3O5S. The Morgan fingerprint density at radius 3 is 2.00 bits per heavy atom. The van der Waals surface area contributed by atoms with Crippen molar-refractivity contribution in [3.05, 3.63) is 73.8 Å². The van der Waals surface area contributed by atoms with E-state index in [9.17, 15) is 25.0 Å². The summed E-state index contributed by atoms with van der Waals surface area (Å²) < 4.78 is 0. The second kappa shape index (κ2) is 6.88. The first-order valence-corrected chi connectivity index (χ1v) is 6.81. The monoisotopic (exact) mass is 333 g/mol. The van der Waals surface area contributed by atoms with Gasteiger partial charge in [-0.05, 0) is 29.8 Å². The van der Waals surface area contributed by atoms with Crippen LogP contribution in [0, 0.1) is 20.2 Å². The van der Waals surface area contributed by atoms with Gasteiger partial charge in [0.05, 0.1) is 15.9 Å². The molecule has 0 fully saturated rings. The number of hydrogen-bond acceptors (Lipinski definition) is 6. The fraction of sp³-hybridized carbons (Fsp3) is 0.0714. The lowest BCUT2D eigenvalue weighted by Gasteiger charge is -2.06. The summed E-state index contributed by atoms with van der Waals surface area (Å²) in [6, 6.07) is 9.69. The molecule has 2 aromatic carbocycles. The maximum absolute atomic E-state index is 12.0. The molecule has 0 atom stereocenters. The molecule has 118 valence electrons. The average Bonchev–Trinajstić information content (AvgIpc) is 2.52. The van der Waals surface area contributed by atoms with Crippen molar-refractivity contribution < 1.29 is 14.6 Å². The topological polar surface area (TPSA) is 115 Å². The minimum absolute atomic E-state index is 0.0655. The first-order valence-electron chi connectivity index (χ1n) is 6.37. The molecule has 2 rings (SSSR count). The largest absolute Gasteiger partial charge is 0.348 e. The predicted octanol–water partition coefficient (Wildman–Crippen LogP) is 2.72. The summed E-state index contributed by atoms with van der Waals surface area (Å²) in [6.45, 7) is -0.0655. The summed E-state index contributed by atoms with van der Waals surface area (Å²) in [6.07, 6.45) is 0. The summed E-state index contributed by atoms with van der Waals surface area (Å²) in [5.74, 6) is -0.396. The highest BCUT2D eigenvalue weighted by Gasteiger charge is 2.16. The van der Waals surface area contributed by atoms with Crippen molar-refractivity contribution in [3.8, 4) is 0 Å². The Hall–Kier alpha value is -2.94. The van der Waals surface area contributed by atoms with Crippen LogP contribution in [0.4, 0.5) is 11.4 Å². The SMILES string of the molecule is O=C(NCc1cc([N+](=O)[O-])cc([N+](=O)[O-])c1)c1ccc(S)cc1. The molecule has 0 aliphatic carbocycles. The Labute approximate surface area is 135 Å². The summed E-state index contributed by atoms with van der Waals surface area (Å²) in [5, 5.41) is 24.2. The maximum atomic E-state index is 12.0. The smallest absolute Gasteiger partial charge is 0.276 e. The van der Waals surface area contributed by atoms with E-state index in [1.807, 2.05) is 0 Å². The number of thiol groups is 1. The average molecular weight is 333 g/mol. The van der Waals surface area contributed by atoms with Crippen LogP contribution in [0.3, 0.4) is 0 Å². The molecule has 23 heavy (non-hydrogen) atoms. The molecule has 0 aliphatic heterocycles. The van der Waals surface area contributed by atoms with Crippen molar-refractivity contribution in [2.75, 3.05) is 0 Å². The van der Waals surface area contributed by atoms with Gasteiger partial charge in [0.25, 0.3) is 17.3 Å². The molecule has 8 nitrogen and oxygen atoms in total. The molecule has 0 saturated heterocycles. The summed E-state index contributed by atoms with van der Waals surface area (Å²) in [5.41, 5.74) is -0.140. The Morgan fingerprint density at radius 2 is 1.52 bits per heavy atom. The third-order valence-corrected chi connectivity index (χ3v) is 3.26. The molecule has 9 heteroatoms.